The summed E-state index contributed by atoms with van der Waals surface area (Å²) < 4.78 is 42.4. The number of rotatable bonds is 5. The molecule has 1 fully saturated rings. The van der Waals surface area contributed by atoms with Crippen LogP contribution in [0.1, 0.15) is 34.6 Å². The van der Waals surface area contributed by atoms with Crippen LogP contribution in [-0.4, -0.2) is 36.9 Å². The number of sulfonamides is 1. The summed E-state index contributed by atoms with van der Waals surface area (Å²) in [4.78, 5) is 14.5. The Morgan fingerprint density at radius 2 is 1.81 bits per heavy atom. The molecule has 0 radical (unpaired) electrons. The average molecular weight is 379 g/mol. The number of amides is 1. The minimum atomic E-state index is -3.79. The topological polar surface area (TPSA) is 71.4 Å². The average Bonchev–Trinajstić information content (AvgIpc) is 3.24. The van der Waals surface area contributed by atoms with Crippen LogP contribution in [0.5, 0.6) is 0 Å². The zero-order valence-electron chi connectivity index (χ0n) is 14.8. The third-order valence-corrected chi connectivity index (χ3v) is 6.29. The van der Waals surface area contributed by atoms with Gasteiger partial charge in [-0.1, -0.05) is 12.1 Å². The van der Waals surface area contributed by atoms with Gasteiger partial charge in [0, 0.05) is 32.4 Å². The van der Waals surface area contributed by atoms with Crippen molar-refractivity contribution in [3.05, 3.63) is 53.1 Å². The van der Waals surface area contributed by atoms with Gasteiger partial charge < -0.3 is 9.47 Å². The molecule has 1 amide bonds. The second-order valence-corrected chi connectivity index (χ2v) is 8.22. The van der Waals surface area contributed by atoms with Crippen molar-refractivity contribution in [2.24, 2.45) is 7.05 Å². The van der Waals surface area contributed by atoms with E-state index in [1.807, 2.05) is 0 Å². The molecule has 140 valence electrons. The molecule has 0 aliphatic carbocycles. The molecule has 1 aromatic carbocycles. The first-order valence-corrected chi connectivity index (χ1v) is 9.97. The maximum absolute atomic E-state index is 13.0. The van der Waals surface area contributed by atoms with Gasteiger partial charge >= 0.3 is 0 Å². The summed E-state index contributed by atoms with van der Waals surface area (Å²) in [6.07, 6.45) is 1.94. The van der Waals surface area contributed by atoms with Crippen molar-refractivity contribution in [3.8, 4) is 0 Å². The van der Waals surface area contributed by atoms with Crippen LogP contribution < -0.4 is 4.72 Å². The van der Waals surface area contributed by atoms with E-state index in [1.54, 1.807) is 23.4 Å². The lowest BCUT2D eigenvalue weighted by Gasteiger charge is -2.15. The van der Waals surface area contributed by atoms with Gasteiger partial charge in [-0.3, -0.25) is 4.79 Å². The van der Waals surface area contributed by atoms with Gasteiger partial charge in [-0.05, 0) is 43.5 Å². The van der Waals surface area contributed by atoms with Crippen LogP contribution in [0.4, 0.5) is 4.39 Å². The molecule has 1 N–H and O–H groups in total. The molecule has 2 aromatic rings. The van der Waals surface area contributed by atoms with Crippen LogP contribution in [-0.2, 0) is 23.6 Å². The quantitative estimate of drug-likeness (QED) is 0.866. The number of aromatic nitrogens is 1. The van der Waals surface area contributed by atoms with Crippen molar-refractivity contribution in [1.82, 2.24) is 14.2 Å². The van der Waals surface area contributed by atoms with Crippen molar-refractivity contribution in [1.29, 1.82) is 0 Å². The van der Waals surface area contributed by atoms with Gasteiger partial charge in [-0.2, -0.15) is 0 Å². The Morgan fingerprint density at radius 1 is 1.19 bits per heavy atom. The minimum Gasteiger partial charge on any atom is -0.343 e. The Hall–Kier alpha value is -2.19. The fraction of sp³-hybridized carbons (Fsp3) is 0.389. The smallest absolute Gasteiger partial charge is 0.270 e. The van der Waals surface area contributed by atoms with E-state index < -0.39 is 10.0 Å². The van der Waals surface area contributed by atoms with E-state index in [1.165, 1.54) is 30.3 Å². The van der Waals surface area contributed by atoms with E-state index >= 15 is 0 Å². The van der Waals surface area contributed by atoms with Gasteiger partial charge in [-0.15, -0.1) is 0 Å². The number of carbonyl (C=O) groups is 1. The lowest BCUT2D eigenvalue weighted by molar-refractivity contribution is 0.0783. The fourth-order valence-electron chi connectivity index (χ4n) is 3.09. The normalized spacial score (nSPS) is 14.8. The highest BCUT2D eigenvalue weighted by molar-refractivity contribution is 7.89. The molecule has 1 saturated heterocycles. The maximum Gasteiger partial charge on any atom is 0.270 e. The first kappa shape index (κ1) is 18.6. The predicted octanol–water partition coefficient (Wildman–Crippen LogP) is 2.19. The van der Waals surface area contributed by atoms with Crippen molar-refractivity contribution in [3.63, 3.8) is 0 Å². The third-order valence-electron chi connectivity index (χ3n) is 4.77. The highest BCUT2D eigenvalue weighted by Gasteiger charge is 2.27. The number of halogens is 1. The molecule has 3 rings (SSSR count). The number of carbonyl (C=O) groups excluding carboxylic acids is 1. The molecule has 1 aliphatic heterocycles. The second-order valence-electron chi connectivity index (χ2n) is 6.49. The van der Waals surface area contributed by atoms with E-state index in [-0.39, 0.29) is 23.2 Å². The fourth-order valence-corrected chi connectivity index (χ4v) is 4.39. The largest absolute Gasteiger partial charge is 0.343 e. The van der Waals surface area contributed by atoms with Gasteiger partial charge in [0.1, 0.15) is 16.4 Å². The molecule has 0 saturated carbocycles. The van der Waals surface area contributed by atoms with Crippen LogP contribution in [0.15, 0.2) is 35.2 Å². The van der Waals surface area contributed by atoms with Crippen LogP contribution >= 0.6 is 0 Å². The Bertz CT molecular complexity index is 914. The summed E-state index contributed by atoms with van der Waals surface area (Å²) in [6, 6.07) is 7.05. The molecule has 26 heavy (non-hydrogen) atoms. The number of likely N-dealkylation sites (tertiary alicyclic amines) is 1. The highest BCUT2D eigenvalue weighted by atomic mass is 32.2. The molecule has 6 nitrogen and oxygen atoms in total. The predicted molar refractivity (Wildman–Crippen MR) is 95.7 cm³/mol. The van der Waals surface area contributed by atoms with E-state index in [4.69, 9.17) is 0 Å². The molecule has 8 heteroatoms. The standard InChI is InChI=1S/C18H22FN3O3S/c1-13-17(11-16(21(13)2)18(23)22-9-3-4-10-22)26(24,25)20-12-14-5-7-15(19)8-6-14/h5-8,11,20H,3-4,9-10,12H2,1-2H3. The Labute approximate surface area is 152 Å². The van der Waals surface area contributed by atoms with E-state index in [0.29, 0.717) is 30.0 Å². The lowest BCUT2D eigenvalue weighted by Crippen LogP contribution is -2.29. The van der Waals surface area contributed by atoms with Gasteiger partial charge in [0.2, 0.25) is 10.0 Å². The van der Waals surface area contributed by atoms with Gasteiger partial charge in [0.15, 0.2) is 0 Å². The van der Waals surface area contributed by atoms with E-state index in [2.05, 4.69) is 4.72 Å². The number of nitrogens with zero attached hydrogens (tertiary/aromatic N) is 2. The zero-order valence-corrected chi connectivity index (χ0v) is 15.6. The highest BCUT2D eigenvalue weighted by Crippen LogP contribution is 2.22. The summed E-state index contributed by atoms with van der Waals surface area (Å²) in [5.74, 6) is -0.520. The zero-order chi connectivity index (χ0) is 18.9. The first-order valence-electron chi connectivity index (χ1n) is 8.49. The number of hydrogen-bond donors (Lipinski definition) is 1. The minimum absolute atomic E-state index is 0.0480. The third kappa shape index (κ3) is 3.66. The molecule has 0 unspecified atom stereocenters. The number of nitrogens with one attached hydrogen (secondary N) is 1. The van der Waals surface area contributed by atoms with Crippen LogP contribution in [0.2, 0.25) is 0 Å². The summed E-state index contributed by atoms with van der Waals surface area (Å²) in [5, 5.41) is 0. The van der Waals surface area contributed by atoms with Crippen molar-refractivity contribution >= 4 is 15.9 Å². The summed E-state index contributed by atoms with van der Waals surface area (Å²) in [5.41, 5.74) is 1.52. The van der Waals surface area contributed by atoms with Crippen LogP contribution in [0.25, 0.3) is 0 Å². The van der Waals surface area contributed by atoms with E-state index in [9.17, 15) is 17.6 Å². The van der Waals surface area contributed by atoms with Gasteiger partial charge in [0.05, 0.1) is 0 Å². The van der Waals surface area contributed by atoms with E-state index in [0.717, 1.165) is 12.8 Å². The molecule has 2 heterocycles. The molecule has 1 aliphatic rings. The molecular weight excluding hydrogens is 357 g/mol. The van der Waals surface area contributed by atoms with Gasteiger partial charge in [0.25, 0.3) is 5.91 Å². The Kier molecular flexibility index (Phi) is 5.15. The van der Waals surface area contributed by atoms with Crippen LogP contribution in [0, 0.1) is 12.7 Å². The molecule has 0 bridgehead atoms. The molecule has 0 atom stereocenters. The summed E-state index contributed by atoms with van der Waals surface area (Å²) >= 11 is 0. The van der Waals surface area contributed by atoms with Crippen LogP contribution in [0.3, 0.4) is 0 Å². The van der Waals surface area contributed by atoms with Crippen molar-refractivity contribution in [2.45, 2.75) is 31.2 Å². The molecule has 0 spiro atoms. The molecule has 1 aromatic heterocycles. The Morgan fingerprint density at radius 3 is 2.42 bits per heavy atom. The van der Waals surface area contributed by atoms with Crippen molar-refractivity contribution in [2.75, 3.05) is 13.1 Å². The number of benzene rings is 1. The second kappa shape index (κ2) is 7.20. The monoisotopic (exact) mass is 379 g/mol. The van der Waals surface area contributed by atoms with Gasteiger partial charge in [-0.25, -0.2) is 17.5 Å². The SMILES string of the molecule is Cc1c(S(=O)(=O)NCc2ccc(F)cc2)cc(C(=O)N2CCCC2)n1C. The number of hydrogen-bond acceptors (Lipinski definition) is 3. The first-order chi connectivity index (χ1) is 12.3. The summed E-state index contributed by atoms with van der Waals surface area (Å²) in [6.45, 7) is 3.13. The lowest BCUT2D eigenvalue weighted by atomic mass is 10.2. The summed E-state index contributed by atoms with van der Waals surface area (Å²) in [7, 11) is -2.10. The molecular formula is C18H22FN3O3S. The van der Waals surface area contributed by atoms with Crippen molar-refractivity contribution < 1.29 is 17.6 Å². The Balaban J connectivity index is 1.82. The maximum atomic E-state index is 13.0.